The van der Waals surface area contributed by atoms with Crippen molar-refractivity contribution in [1.29, 1.82) is 0 Å². The van der Waals surface area contributed by atoms with Crippen molar-refractivity contribution < 1.29 is 14.3 Å². The Kier molecular flexibility index (Phi) is 4.99. The molecular formula is C21H22N2O3S. The molecule has 0 fully saturated rings. The molecule has 0 saturated carbocycles. The number of ether oxygens (including phenoxy) is 1. The van der Waals surface area contributed by atoms with Gasteiger partial charge in [-0.1, -0.05) is 24.6 Å². The molecule has 0 radical (unpaired) electrons. The first-order valence-corrected chi connectivity index (χ1v) is 10.1. The Hall–Kier alpha value is -2.60. The highest BCUT2D eigenvalue weighted by Gasteiger charge is 2.26. The van der Waals surface area contributed by atoms with E-state index in [1.807, 2.05) is 30.5 Å². The molecule has 2 N–H and O–H groups in total. The molecule has 0 bridgehead atoms. The number of carbonyl (C=O) groups excluding carboxylic acids is 2. The van der Waals surface area contributed by atoms with Crippen molar-refractivity contribution in [3.05, 3.63) is 52.0 Å². The Labute approximate surface area is 161 Å². The molecule has 140 valence electrons. The zero-order valence-corrected chi connectivity index (χ0v) is 16.1. The van der Waals surface area contributed by atoms with Gasteiger partial charge in [-0.25, -0.2) is 4.79 Å². The zero-order valence-electron chi connectivity index (χ0n) is 15.3. The lowest BCUT2D eigenvalue weighted by Gasteiger charge is -2.07. The number of hydrogen-bond acceptors (Lipinski definition) is 4. The predicted octanol–water partition coefficient (Wildman–Crippen LogP) is 4.47. The Morgan fingerprint density at radius 3 is 2.85 bits per heavy atom. The first-order chi connectivity index (χ1) is 13.2. The molecule has 0 aliphatic heterocycles. The second kappa shape index (κ2) is 7.56. The van der Waals surface area contributed by atoms with Crippen LogP contribution >= 0.6 is 11.3 Å². The molecule has 5 nitrogen and oxygen atoms in total. The number of methoxy groups -OCH3 is 1. The molecule has 6 heteroatoms. The van der Waals surface area contributed by atoms with Crippen LogP contribution in [-0.4, -0.2) is 24.0 Å². The highest BCUT2D eigenvalue weighted by atomic mass is 32.1. The van der Waals surface area contributed by atoms with Crippen LogP contribution in [0.2, 0.25) is 0 Å². The van der Waals surface area contributed by atoms with E-state index in [0.717, 1.165) is 47.7 Å². The first kappa shape index (κ1) is 17.8. The van der Waals surface area contributed by atoms with E-state index in [9.17, 15) is 9.59 Å². The molecule has 2 aromatic heterocycles. The lowest BCUT2D eigenvalue weighted by molar-refractivity contribution is -0.115. The third-order valence-electron chi connectivity index (χ3n) is 5.09. The summed E-state index contributed by atoms with van der Waals surface area (Å²) in [6.07, 6.45) is 7.32. The predicted molar refractivity (Wildman–Crippen MR) is 108 cm³/mol. The number of benzene rings is 1. The summed E-state index contributed by atoms with van der Waals surface area (Å²) >= 11 is 1.52. The van der Waals surface area contributed by atoms with Gasteiger partial charge in [-0.3, -0.25) is 4.79 Å². The van der Waals surface area contributed by atoms with Gasteiger partial charge < -0.3 is 15.0 Å². The maximum atomic E-state index is 12.7. The minimum absolute atomic E-state index is 0.124. The number of rotatable bonds is 4. The largest absolute Gasteiger partial charge is 0.465 e. The maximum Gasteiger partial charge on any atom is 0.341 e. The molecule has 0 atom stereocenters. The number of aromatic amines is 1. The normalized spacial score (nSPS) is 13.8. The third-order valence-corrected chi connectivity index (χ3v) is 6.30. The molecule has 4 rings (SSSR count). The van der Waals surface area contributed by atoms with E-state index in [-0.39, 0.29) is 18.3 Å². The minimum atomic E-state index is -0.364. The molecule has 2 heterocycles. The number of aromatic nitrogens is 1. The van der Waals surface area contributed by atoms with Crippen LogP contribution in [0, 0.1) is 0 Å². The van der Waals surface area contributed by atoms with Crippen LogP contribution in [0.3, 0.4) is 0 Å². The number of carbonyl (C=O) groups is 2. The van der Waals surface area contributed by atoms with Gasteiger partial charge in [-0.05, 0) is 42.9 Å². The lowest BCUT2D eigenvalue weighted by Crippen LogP contribution is -2.16. The van der Waals surface area contributed by atoms with Crippen molar-refractivity contribution in [1.82, 2.24) is 4.98 Å². The summed E-state index contributed by atoms with van der Waals surface area (Å²) in [6.45, 7) is 0. The molecule has 1 aromatic carbocycles. The van der Waals surface area contributed by atoms with Gasteiger partial charge in [0.2, 0.25) is 5.91 Å². The quantitative estimate of drug-likeness (QED) is 0.517. The van der Waals surface area contributed by atoms with E-state index in [4.69, 9.17) is 4.74 Å². The number of nitrogens with one attached hydrogen (secondary N) is 2. The number of para-hydroxylation sites is 1. The summed E-state index contributed by atoms with van der Waals surface area (Å²) in [5.74, 6) is -0.488. The average molecular weight is 382 g/mol. The van der Waals surface area contributed by atoms with Crippen LogP contribution in [0.15, 0.2) is 30.5 Å². The number of amides is 1. The number of anilines is 1. The standard InChI is InChI=1S/C21H22N2O3S/c1-26-21(25)19-15-8-3-2-4-10-17(15)27-20(19)23-18(24)11-13-12-22-16-9-6-5-7-14(13)16/h5-7,9,12,22H,2-4,8,10-11H2,1H3,(H,23,24). The number of aryl methyl sites for hydroxylation is 1. The first-order valence-electron chi connectivity index (χ1n) is 9.25. The van der Waals surface area contributed by atoms with E-state index in [2.05, 4.69) is 10.3 Å². The fraction of sp³-hybridized carbons (Fsp3) is 0.333. The zero-order chi connectivity index (χ0) is 18.8. The summed E-state index contributed by atoms with van der Waals surface area (Å²) < 4.78 is 5.00. The van der Waals surface area contributed by atoms with Crippen LogP contribution in [0.1, 0.15) is 45.6 Å². The molecule has 1 aliphatic carbocycles. The summed E-state index contributed by atoms with van der Waals surface area (Å²) in [5.41, 5.74) is 3.57. The molecule has 0 spiro atoms. The molecule has 0 saturated heterocycles. The lowest BCUT2D eigenvalue weighted by atomic mass is 10.1. The molecule has 1 amide bonds. The molecular weight excluding hydrogens is 360 g/mol. The van der Waals surface area contributed by atoms with Gasteiger partial charge in [0.25, 0.3) is 0 Å². The SMILES string of the molecule is COC(=O)c1c(NC(=O)Cc2c[nH]c3ccccc23)sc2c1CCCCC2. The van der Waals surface area contributed by atoms with Gasteiger partial charge in [0.05, 0.1) is 19.1 Å². The van der Waals surface area contributed by atoms with Crippen molar-refractivity contribution in [3.63, 3.8) is 0 Å². The van der Waals surface area contributed by atoms with E-state index >= 15 is 0 Å². The smallest absolute Gasteiger partial charge is 0.341 e. The van der Waals surface area contributed by atoms with Crippen molar-refractivity contribution in [2.75, 3.05) is 12.4 Å². The van der Waals surface area contributed by atoms with E-state index in [1.165, 1.54) is 29.7 Å². The van der Waals surface area contributed by atoms with E-state index in [1.54, 1.807) is 0 Å². The number of thiophene rings is 1. The second-order valence-corrected chi connectivity index (χ2v) is 7.95. The van der Waals surface area contributed by atoms with E-state index < -0.39 is 0 Å². The Morgan fingerprint density at radius 1 is 1.19 bits per heavy atom. The maximum absolute atomic E-state index is 12.7. The average Bonchev–Trinajstić information content (AvgIpc) is 3.14. The summed E-state index contributed by atoms with van der Waals surface area (Å²) in [4.78, 5) is 29.5. The Morgan fingerprint density at radius 2 is 2.00 bits per heavy atom. The molecule has 27 heavy (non-hydrogen) atoms. The minimum Gasteiger partial charge on any atom is -0.465 e. The molecule has 0 unspecified atom stereocenters. The Balaban J connectivity index is 1.60. The van der Waals surface area contributed by atoms with Crippen LogP contribution in [0.25, 0.3) is 10.9 Å². The summed E-state index contributed by atoms with van der Waals surface area (Å²) in [5, 5.41) is 4.64. The van der Waals surface area contributed by atoms with Gasteiger partial charge in [0, 0.05) is 22.0 Å². The van der Waals surface area contributed by atoms with Gasteiger partial charge in [-0.15, -0.1) is 11.3 Å². The molecule has 1 aliphatic rings. The van der Waals surface area contributed by atoms with Crippen LogP contribution < -0.4 is 5.32 Å². The highest BCUT2D eigenvalue weighted by Crippen LogP contribution is 2.38. The van der Waals surface area contributed by atoms with Crippen LogP contribution in [0.5, 0.6) is 0 Å². The molecule has 3 aromatic rings. The fourth-order valence-corrected chi connectivity index (χ4v) is 5.06. The van der Waals surface area contributed by atoms with Crippen molar-refractivity contribution in [3.8, 4) is 0 Å². The van der Waals surface area contributed by atoms with Gasteiger partial charge in [0.15, 0.2) is 0 Å². The van der Waals surface area contributed by atoms with Crippen molar-refractivity contribution >= 4 is 39.1 Å². The van der Waals surface area contributed by atoms with Crippen LogP contribution in [0.4, 0.5) is 5.00 Å². The summed E-state index contributed by atoms with van der Waals surface area (Å²) in [7, 11) is 1.39. The van der Waals surface area contributed by atoms with Gasteiger partial charge in [-0.2, -0.15) is 0 Å². The number of fused-ring (bicyclic) bond motifs is 2. The van der Waals surface area contributed by atoms with Crippen molar-refractivity contribution in [2.45, 2.75) is 38.5 Å². The van der Waals surface area contributed by atoms with Gasteiger partial charge >= 0.3 is 5.97 Å². The van der Waals surface area contributed by atoms with E-state index in [0.29, 0.717) is 10.6 Å². The van der Waals surface area contributed by atoms with Crippen molar-refractivity contribution in [2.24, 2.45) is 0 Å². The number of esters is 1. The highest BCUT2D eigenvalue weighted by molar-refractivity contribution is 7.17. The number of hydrogen-bond donors (Lipinski definition) is 2. The summed E-state index contributed by atoms with van der Waals surface area (Å²) in [6, 6.07) is 7.91. The fourth-order valence-electron chi connectivity index (χ4n) is 3.77. The van der Waals surface area contributed by atoms with Gasteiger partial charge in [0.1, 0.15) is 5.00 Å². The topological polar surface area (TPSA) is 71.2 Å². The monoisotopic (exact) mass is 382 g/mol. The Bertz CT molecular complexity index is 1000. The second-order valence-electron chi connectivity index (χ2n) is 6.84. The van der Waals surface area contributed by atoms with Crippen LogP contribution in [-0.2, 0) is 28.8 Å². The number of H-pyrrole nitrogens is 1. The third kappa shape index (κ3) is 3.49.